The van der Waals surface area contributed by atoms with Gasteiger partial charge in [0.2, 0.25) is 0 Å². The van der Waals surface area contributed by atoms with E-state index in [1.807, 2.05) is 36.5 Å². The Morgan fingerprint density at radius 3 is 2.60 bits per heavy atom. The lowest BCUT2D eigenvalue weighted by atomic mass is 10.2. The highest BCUT2D eigenvalue weighted by molar-refractivity contribution is 6.30. The van der Waals surface area contributed by atoms with Crippen molar-refractivity contribution in [1.29, 1.82) is 0 Å². The molecule has 1 heterocycles. The molecule has 0 aliphatic carbocycles. The number of ether oxygens (including phenoxy) is 1. The first-order valence-electron chi connectivity index (χ1n) is 6.81. The zero-order chi connectivity index (χ0) is 14.2. The zero-order valence-corrected chi connectivity index (χ0v) is 12.4. The fourth-order valence-electron chi connectivity index (χ4n) is 1.74. The van der Waals surface area contributed by atoms with E-state index in [0.29, 0.717) is 11.6 Å². The number of hydrogen-bond donors (Lipinski definition) is 1. The second-order valence-electron chi connectivity index (χ2n) is 4.58. The summed E-state index contributed by atoms with van der Waals surface area (Å²) < 4.78 is 5.65. The van der Waals surface area contributed by atoms with Gasteiger partial charge in [-0.1, -0.05) is 24.6 Å². The zero-order valence-electron chi connectivity index (χ0n) is 11.6. The van der Waals surface area contributed by atoms with E-state index in [4.69, 9.17) is 16.3 Å². The van der Waals surface area contributed by atoms with Gasteiger partial charge < -0.3 is 10.1 Å². The third kappa shape index (κ3) is 4.83. The summed E-state index contributed by atoms with van der Waals surface area (Å²) in [5, 5.41) is 4.06. The van der Waals surface area contributed by atoms with Crippen molar-refractivity contribution in [2.75, 3.05) is 6.54 Å². The van der Waals surface area contributed by atoms with Gasteiger partial charge in [-0.25, -0.2) is 0 Å². The topological polar surface area (TPSA) is 34.1 Å². The van der Waals surface area contributed by atoms with E-state index in [-0.39, 0.29) is 0 Å². The second-order valence-corrected chi connectivity index (χ2v) is 5.01. The molecule has 4 heteroatoms. The first kappa shape index (κ1) is 14.8. The van der Waals surface area contributed by atoms with E-state index < -0.39 is 0 Å². The maximum Gasteiger partial charge on any atom is 0.130 e. The summed E-state index contributed by atoms with van der Waals surface area (Å²) in [7, 11) is 0. The highest BCUT2D eigenvalue weighted by Crippen LogP contribution is 2.16. The van der Waals surface area contributed by atoms with Gasteiger partial charge in [0.05, 0.1) is 5.69 Å². The molecule has 2 rings (SSSR count). The van der Waals surface area contributed by atoms with Crippen LogP contribution in [0, 0.1) is 0 Å². The molecule has 0 saturated heterocycles. The molecule has 0 spiro atoms. The first-order valence-corrected chi connectivity index (χ1v) is 7.18. The number of benzene rings is 1. The fourth-order valence-corrected chi connectivity index (χ4v) is 1.87. The lowest BCUT2D eigenvalue weighted by molar-refractivity contribution is 0.301. The number of aromatic nitrogens is 1. The molecule has 0 unspecified atom stereocenters. The van der Waals surface area contributed by atoms with Crippen LogP contribution < -0.4 is 10.1 Å². The number of nitrogens with one attached hydrogen (secondary N) is 1. The normalized spacial score (nSPS) is 10.5. The highest BCUT2D eigenvalue weighted by atomic mass is 35.5. The minimum Gasteiger partial charge on any atom is -0.487 e. The SMILES string of the molecule is CCCNCc1ccc(COc2ccc(Cl)cc2)nc1. The maximum atomic E-state index is 5.82. The molecule has 2 aromatic rings. The standard InChI is InChI=1S/C16H19ClN2O/c1-2-9-18-10-13-3-6-15(19-11-13)12-20-16-7-4-14(17)5-8-16/h3-8,11,18H,2,9-10,12H2,1H3. The average molecular weight is 291 g/mol. The Kier molecular flexibility index (Phi) is 5.84. The highest BCUT2D eigenvalue weighted by Gasteiger charge is 1.99. The minimum absolute atomic E-state index is 0.463. The summed E-state index contributed by atoms with van der Waals surface area (Å²) in [6.45, 7) is 4.51. The Morgan fingerprint density at radius 2 is 1.95 bits per heavy atom. The molecule has 1 aromatic carbocycles. The van der Waals surface area contributed by atoms with Crippen molar-refractivity contribution >= 4 is 11.6 Å². The quantitative estimate of drug-likeness (QED) is 0.787. The Hall–Kier alpha value is -1.58. The molecule has 0 bridgehead atoms. The van der Waals surface area contributed by atoms with Crippen LogP contribution in [0.15, 0.2) is 42.6 Å². The van der Waals surface area contributed by atoms with Gasteiger partial charge in [-0.3, -0.25) is 4.98 Å². The molecule has 0 amide bonds. The molecule has 0 radical (unpaired) electrons. The molecule has 106 valence electrons. The molecule has 20 heavy (non-hydrogen) atoms. The summed E-state index contributed by atoms with van der Waals surface area (Å²) >= 11 is 5.82. The Balaban J connectivity index is 1.82. The van der Waals surface area contributed by atoms with Crippen LogP contribution in [0.1, 0.15) is 24.6 Å². The van der Waals surface area contributed by atoms with E-state index in [2.05, 4.69) is 23.3 Å². The van der Waals surface area contributed by atoms with Gasteiger partial charge in [-0.2, -0.15) is 0 Å². The van der Waals surface area contributed by atoms with Crippen molar-refractivity contribution in [2.45, 2.75) is 26.5 Å². The van der Waals surface area contributed by atoms with Crippen LogP contribution in [0.5, 0.6) is 5.75 Å². The molecule has 0 aliphatic rings. The largest absolute Gasteiger partial charge is 0.487 e. The van der Waals surface area contributed by atoms with Gasteiger partial charge in [-0.15, -0.1) is 0 Å². The van der Waals surface area contributed by atoms with E-state index in [1.165, 1.54) is 5.56 Å². The Bertz CT molecular complexity index is 511. The van der Waals surface area contributed by atoms with Gasteiger partial charge in [-0.05, 0) is 48.9 Å². The molecular formula is C16H19ClN2O. The summed E-state index contributed by atoms with van der Waals surface area (Å²) in [4.78, 5) is 4.40. The summed E-state index contributed by atoms with van der Waals surface area (Å²) in [6.07, 6.45) is 3.03. The fraction of sp³-hybridized carbons (Fsp3) is 0.312. The van der Waals surface area contributed by atoms with Crippen molar-refractivity contribution in [3.05, 3.63) is 58.9 Å². The molecule has 0 aliphatic heterocycles. The van der Waals surface area contributed by atoms with Gasteiger partial charge in [0.1, 0.15) is 12.4 Å². The van der Waals surface area contributed by atoms with Crippen molar-refractivity contribution in [1.82, 2.24) is 10.3 Å². The number of halogens is 1. The van der Waals surface area contributed by atoms with Crippen molar-refractivity contribution < 1.29 is 4.74 Å². The maximum absolute atomic E-state index is 5.82. The van der Waals surface area contributed by atoms with Crippen molar-refractivity contribution in [3.8, 4) is 5.75 Å². The van der Waals surface area contributed by atoms with Crippen LogP contribution >= 0.6 is 11.6 Å². The molecule has 1 aromatic heterocycles. The average Bonchev–Trinajstić information content (AvgIpc) is 2.48. The second kappa shape index (κ2) is 7.88. The lowest BCUT2D eigenvalue weighted by Crippen LogP contribution is -2.14. The van der Waals surface area contributed by atoms with Gasteiger partial charge in [0, 0.05) is 17.8 Å². The molecule has 1 N–H and O–H groups in total. The van der Waals surface area contributed by atoms with Crippen LogP contribution in [0.25, 0.3) is 0 Å². The third-order valence-electron chi connectivity index (χ3n) is 2.84. The lowest BCUT2D eigenvalue weighted by Gasteiger charge is -2.07. The first-order chi connectivity index (χ1) is 9.78. The van der Waals surface area contributed by atoms with Crippen LogP contribution in [-0.4, -0.2) is 11.5 Å². The van der Waals surface area contributed by atoms with E-state index in [1.54, 1.807) is 0 Å². The van der Waals surface area contributed by atoms with E-state index >= 15 is 0 Å². The predicted octanol–water partition coefficient (Wildman–Crippen LogP) is 3.81. The van der Waals surface area contributed by atoms with E-state index in [9.17, 15) is 0 Å². The number of pyridine rings is 1. The van der Waals surface area contributed by atoms with Crippen LogP contribution in [0.3, 0.4) is 0 Å². The molecule has 0 fully saturated rings. The van der Waals surface area contributed by atoms with Crippen molar-refractivity contribution in [2.24, 2.45) is 0 Å². The number of rotatable bonds is 7. The molecular weight excluding hydrogens is 272 g/mol. The minimum atomic E-state index is 0.463. The molecule has 0 atom stereocenters. The van der Waals surface area contributed by atoms with Gasteiger partial charge in [0.25, 0.3) is 0 Å². The smallest absolute Gasteiger partial charge is 0.130 e. The molecule has 3 nitrogen and oxygen atoms in total. The Morgan fingerprint density at radius 1 is 1.15 bits per heavy atom. The van der Waals surface area contributed by atoms with Crippen LogP contribution in [0.4, 0.5) is 0 Å². The Labute approximate surface area is 124 Å². The van der Waals surface area contributed by atoms with Crippen LogP contribution in [-0.2, 0) is 13.2 Å². The summed E-state index contributed by atoms with van der Waals surface area (Å²) in [6, 6.07) is 11.4. The predicted molar refractivity (Wildman–Crippen MR) is 82.0 cm³/mol. The van der Waals surface area contributed by atoms with Crippen molar-refractivity contribution in [3.63, 3.8) is 0 Å². The summed E-state index contributed by atoms with van der Waals surface area (Å²) in [5.41, 5.74) is 2.10. The van der Waals surface area contributed by atoms with Gasteiger partial charge >= 0.3 is 0 Å². The monoisotopic (exact) mass is 290 g/mol. The van der Waals surface area contributed by atoms with Crippen LogP contribution in [0.2, 0.25) is 5.02 Å². The van der Waals surface area contributed by atoms with Gasteiger partial charge in [0.15, 0.2) is 0 Å². The molecule has 0 saturated carbocycles. The summed E-state index contributed by atoms with van der Waals surface area (Å²) in [5.74, 6) is 0.796. The van der Waals surface area contributed by atoms with E-state index in [0.717, 1.165) is 31.0 Å². The number of hydrogen-bond acceptors (Lipinski definition) is 3. The third-order valence-corrected chi connectivity index (χ3v) is 3.09. The number of nitrogens with zero attached hydrogens (tertiary/aromatic N) is 1.